The van der Waals surface area contributed by atoms with Crippen LogP contribution in [0.5, 0.6) is 0 Å². The highest BCUT2D eigenvalue weighted by atomic mass is 19.3. The van der Waals surface area contributed by atoms with Gasteiger partial charge < -0.3 is 10.8 Å². The molecule has 1 rings (SSSR count). The number of aliphatic hydroxyl groups excluding tert-OH is 1. The van der Waals surface area contributed by atoms with Crippen molar-refractivity contribution in [3.05, 3.63) is 29.6 Å². The molecule has 0 unspecified atom stereocenters. The van der Waals surface area contributed by atoms with Crippen LogP contribution in [0.2, 0.25) is 0 Å². The predicted octanol–water partition coefficient (Wildman–Crippen LogP) is 1.02. The largest absolute Gasteiger partial charge is 0.390 e. The Hall–Kier alpha value is -1.07. The second-order valence-electron chi connectivity index (χ2n) is 3.10. The van der Waals surface area contributed by atoms with Gasteiger partial charge in [-0.15, -0.1) is 0 Å². The van der Waals surface area contributed by atoms with Crippen molar-refractivity contribution in [2.24, 2.45) is 5.73 Å². The van der Waals surface area contributed by atoms with Crippen LogP contribution in [-0.4, -0.2) is 22.6 Å². The third kappa shape index (κ3) is 2.24. The second kappa shape index (κ2) is 3.98. The molecule has 0 aliphatic rings. The Bertz CT molecular complexity index is 317. The van der Waals surface area contributed by atoms with E-state index in [0.29, 0.717) is 5.69 Å². The lowest BCUT2D eigenvalue weighted by Crippen LogP contribution is -2.36. The minimum absolute atomic E-state index is 0.0871. The molecule has 3 N–H and O–H groups in total. The van der Waals surface area contributed by atoms with E-state index in [4.69, 9.17) is 10.8 Å². The number of aliphatic hydroxyl groups is 1. The van der Waals surface area contributed by atoms with Crippen LogP contribution in [0.3, 0.4) is 0 Å². The fourth-order valence-corrected chi connectivity index (χ4v) is 1.05. The van der Waals surface area contributed by atoms with Crippen molar-refractivity contribution in [2.75, 3.05) is 6.61 Å². The molecule has 5 heteroatoms. The Kier molecular flexibility index (Phi) is 3.13. The van der Waals surface area contributed by atoms with Gasteiger partial charge in [0.1, 0.15) is 12.6 Å². The van der Waals surface area contributed by atoms with Gasteiger partial charge in [0.25, 0.3) is 5.92 Å². The summed E-state index contributed by atoms with van der Waals surface area (Å²) in [6, 6.07) is 3.15. The van der Waals surface area contributed by atoms with Crippen molar-refractivity contribution >= 4 is 0 Å². The highest BCUT2D eigenvalue weighted by Crippen LogP contribution is 2.27. The van der Waals surface area contributed by atoms with Gasteiger partial charge in [0.15, 0.2) is 0 Å². The lowest BCUT2D eigenvalue weighted by atomic mass is 10.1. The van der Waals surface area contributed by atoms with Gasteiger partial charge in [-0.1, -0.05) is 6.07 Å². The van der Waals surface area contributed by atoms with Crippen LogP contribution in [0, 0.1) is 6.92 Å². The van der Waals surface area contributed by atoms with Gasteiger partial charge in [-0.25, -0.2) is 8.78 Å². The Morgan fingerprint density at radius 3 is 2.71 bits per heavy atom. The van der Waals surface area contributed by atoms with Gasteiger partial charge in [-0.2, -0.15) is 0 Å². The smallest absolute Gasteiger partial charge is 0.291 e. The number of nitrogens with two attached hydrogens (primary N) is 1. The van der Waals surface area contributed by atoms with E-state index in [-0.39, 0.29) is 5.69 Å². The van der Waals surface area contributed by atoms with Crippen LogP contribution in [-0.2, 0) is 0 Å². The molecule has 1 aromatic heterocycles. The zero-order valence-electron chi connectivity index (χ0n) is 7.74. The quantitative estimate of drug-likeness (QED) is 0.769. The number of alkyl halides is 2. The molecule has 0 fully saturated rings. The van der Waals surface area contributed by atoms with E-state index in [1.807, 2.05) is 0 Å². The molecule has 0 bridgehead atoms. The monoisotopic (exact) mass is 202 g/mol. The number of rotatable bonds is 3. The van der Waals surface area contributed by atoms with Gasteiger partial charge in [-0.3, -0.25) is 4.98 Å². The van der Waals surface area contributed by atoms with Gasteiger partial charge in [0.2, 0.25) is 0 Å². The second-order valence-corrected chi connectivity index (χ2v) is 3.10. The van der Waals surface area contributed by atoms with E-state index in [2.05, 4.69) is 4.98 Å². The third-order valence-corrected chi connectivity index (χ3v) is 1.89. The van der Waals surface area contributed by atoms with Crippen LogP contribution < -0.4 is 5.73 Å². The molecule has 0 aliphatic carbocycles. The summed E-state index contributed by atoms with van der Waals surface area (Å²) in [5.74, 6) is -3.33. The average molecular weight is 202 g/mol. The lowest BCUT2D eigenvalue weighted by molar-refractivity contribution is -0.0721. The van der Waals surface area contributed by atoms with Gasteiger partial charge in [-0.05, 0) is 19.1 Å². The molecular weight excluding hydrogens is 190 g/mol. The molecule has 0 radical (unpaired) electrons. The van der Waals surface area contributed by atoms with Crippen molar-refractivity contribution in [3.8, 4) is 0 Å². The van der Waals surface area contributed by atoms with Crippen molar-refractivity contribution in [1.82, 2.24) is 4.98 Å². The predicted molar refractivity (Wildman–Crippen MR) is 47.9 cm³/mol. The summed E-state index contributed by atoms with van der Waals surface area (Å²) in [5.41, 5.74) is 5.98. The van der Waals surface area contributed by atoms with Gasteiger partial charge in [0, 0.05) is 5.69 Å². The Balaban J connectivity index is 2.94. The summed E-state index contributed by atoms with van der Waals surface area (Å²) in [5, 5.41) is 8.44. The van der Waals surface area contributed by atoms with Crippen molar-refractivity contribution < 1.29 is 13.9 Å². The summed E-state index contributed by atoms with van der Waals surface area (Å²) in [6.45, 7) is 0.414. The van der Waals surface area contributed by atoms with E-state index in [0.717, 1.165) is 0 Å². The maximum atomic E-state index is 12.9. The first-order valence-corrected chi connectivity index (χ1v) is 4.15. The topological polar surface area (TPSA) is 59.1 Å². The minimum atomic E-state index is -3.33. The molecule has 0 aromatic carbocycles. The summed E-state index contributed by atoms with van der Waals surface area (Å²) in [7, 11) is 0. The SMILES string of the molecule is Cc1cccc([C@H](N)C(F)(F)CO)n1. The summed E-state index contributed by atoms with van der Waals surface area (Å²) >= 11 is 0. The first kappa shape index (κ1) is 11.0. The number of hydrogen-bond acceptors (Lipinski definition) is 3. The molecule has 1 aromatic rings. The molecule has 0 saturated heterocycles. The maximum Gasteiger partial charge on any atom is 0.291 e. The number of aryl methyl sites for hydroxylation is 1. The fraction of sp³-hybridized carbons (Fsp3) is 0.444. The average Bonchev–Trinajstić information content (AvgIpc) is 2.16. The van der Waals surface area contributed by atoms with E-state index in [9.17, 15) is 8.78 Å². The normalized spacial score (nSPS) is 14.1. The van der Waals surface area contributed by atoms with E-state index in [1.54, 1.807) is 19.1 Å². The Morgan fingerprint density at radius 2 is 2.21 bits per heavy atom. The zero-order valence-corrected chi connectivity index (χ0v) is 7.74. The molecule has 78 valence electrons. The fourth-order valence-electron chi connectivity index (χ4n) is 1.05. The van der Waals surface area contributed by atoms with Gasteiger partial charge >= 0.3 is 0 Å². The van der Waals surface area contributed by atoms with Crippen molar-refractivity contribution in [2.45, 2.75) is 18.9 Å². The molecule has 0 spiro atoms. The summed E-state index contributed by atoms with van der Waals surface area (Å²) in [6.07, 6.45) is 0. The molecular formula is C9H12F2N2O. The highest BCUT2D eigenvalue weighted by molar-refractivity contribution is 5.15. The number of nitrogens with zero attached hydrogens (tertiary/aromatic N) is 1. The standard InChI is InChI=1S/C9H12F2N2O/c1-6-3-2-4-7(13-6)8(12)9(10,11)5-14/h2-4,8,14H,5,12H2,1H3/t8-/m0/s1. The first-order valence-electron chi connectivity index (χ1n) is 4.15. The molecule has 1 atom stereocenters. The van der Waals surface area contributed by atoms with Crippen molar-refractivity contribution in [1.29, 1.82) is 0 Å². The molecule has 0 saturated carbocycles. The molecule has 1 heterocycles. The first-order chi connectivity index (χ1) is 6.47. The highest BCUT2D eigenvalue weighted by Gasteiger charge is 2.38. The van der Waals surface area contributed by atoms with Crippen LogP contribution in [0.1, 0.15) is 17.4 Å². The lowest BCUT2D eigenvalue weighted by Gasteiger charge is -2.20. The van der Waals surface area contributed by atoms with Gasteiger partial charge in [0.05, 0.1) is 5.69 Å². The van der Waals surface area contributed by atoms with Crippen LogP contribution in [0.15, 0.2) is 18.2 Å². The van der Waals surface area contributed by atoms with E-state index < -0.39 is 18.6 Å². The van der Waals surface area contributed by atoms with E-state index >= 15 is 0 Å². The van der Waals surface area contributed by atoms with Crippen molar-refractivity contribution in [3.63, 3.8) is 0 Å². The van der Waals surface area contributed by atoms with Crippen LogP contribution in [0.25, 0.3) is 0 Å². The molecule has 0 aliphatic heterocycles. The maximum absolute atomic E-state index is 12.9. The minimum Gasteiger partial charge on any atom is -0.390 e. The number of halogens is 2. The van der Waals surface area contributed by atoms with Crippen LogP contribution in [0.4, 0.5) is 8.78 Å². The molecule has 14 heavy (non-hydrogen) atoms. The number of aromatic nitrogens is 1. The zero-order chi connectivity index (χ0) is 10.8. The summed E-state index contributed by atoms with van der Waals surface area (Å²) < 4.78 is 25.9. The Labute approximate surface area is 80.6 Å². The van der Waals surface area contributed by atoms with E-state index in [1.165, 1.54) is 6.07 Å². The van der Waals surface area contributed by atoms with Crippen LogP contribution >= 0.6 is 0 Å². The summed E-state index contributed by atoms with van der Waals surface area (Å²) in [4.78, 5) is 3.87. The Morgan fingerprint density at radius 1 is 1.57 bits per heavy atom. The number of pyridine rings is 1. The third-order valence-electron chi connectivity index (χ3n) is 1.89. The number of hydrogen-bond donors (Lipinski definition) is 2. The molecule has 0 amide bonds. The molecule has 3 nitrogen and oxygen atoms in total.